The number of methoxy groups -OCH3 is 1. The number of hydrogen-bond donors (Lipinski definition) is 0. The van der Waals surface area contributed by atoms with Gasteiger partial charge in [-0.25, -0.2) is 4.39 Å². The quantitative estimate of drug-likeness (QED) is 0.731. The maximum Gasteiger partial charge on any atom is 0.132 e. The molecule has 0 saturated carbocycles. The molecular weight excluding hydrogens is 191 g/mol. The number of ether oxygens (including phenoxy) is 1. The summed E-state index contributed by atoms with van der Waals surface area (Å²) in [7, 11) is 1.53. The molecule has 1 rings (SSSR count). The summed E-state index contributed by atoms with van der Waals surface area (Å²) in [5.74, 6) is -0.175. The van der Waals surface area contributed by atoms with Gasteiger partial charge in [0, 0.05) is 7.11 Å². The Bertz CT molecular complexity index is 326. The molecular formula is C13H17FO. The van der Waals surface area contributed by atoms with Gasteiger partial charge in [-0.15, -0.1) is 0 Å². The van der Waals surface area contributed by atoms with E-state index in [1.165, 1.54) is 7.11 Å². The van der Waals surface area contributed by atoms with Gasteiger partial charge in [-0.05, 0) is 24.5 Å². The molecule has 0 fully saturated rings. The van der Waals surface area contributed by atoms with Gasteiger partial charge in [0.15, 0.2) is 0 Å². The smallest absolute Gasteiger partial charge is 0.132 e. The van der Waals surface area contributed by atoms with Crippen molar-refractivity contribution in [3.63, 3.8) is 0 Å². The molecule has 0 spiro atoms. The van der Waals surface area contributed by atoms with Gasteiger partial charge in [-0.2, -0.15) is 0 Å². The monoisotopic (exact) mass is 208 g/mol. The van der Waals surface area contributed by atoms with E-state index in [1.807, 2.05) is 37.3 Å². The minimum atomic E-state index is -0.426. The van der Waals surface area contributed by atoms with Gasteiger partial charge < -0.3 is 4.74 Å². The Labute approximate surface area is 90.6 Å². The Morgan fingerprint density at radius 1 is 1.33 bits per heavy atom. The number of allylic oxidation sites excluding steroid dienone is 1. The average molecular weight is 208 g/mol. The summed E-state index contributed by atoms with van der Waals surface area (Å²) in [6, 6.07) is 9.52. The van der Waals surface area contributed by atoms with E-state index in [1.54, 1.807) is 6.92 Å². The first-order valence-electron chi connectivity index (χ1n) is 5.15. The summed E-state index contributed by atoms with van der Waals surface area (Å²) >= 11 is 0. The highest BCUT2D eigenvalue weighted by molar-refractivity contribution is 5.66. The summed E-state index contributed by atoms with van der Waals surface area (Å²) in [6.45, 7) is 3.69. The number of halogens is 1. The summed E-state index contributed by atoms with van der Waals surface area (Å²) in [6.07, 6.45) is 0.220. The van der Waals surface area contributed by atoms with Gasteiger partial charge in [0.25, 0.3) is 0 Å². The van der Waals surface area contributed by atoms with Gasteiger partial charge in [0.2, 0.25) is 0 Å². The van der Waals surface area contributed by atoms with Crippen molar-refractivity contribution in [3.8, 4) is 0 Å². The second-order valence-electron chi connectivity index (χ2n) is 3.47. The molecule has 15 heavy (non-hydrogen) atoms. The van der Waals surface area contributed by atoms with E-state index >= 15 is 0 Å². The first-order valence-corrected chi connectivity index (χ1v) is 5.15. The highest BCUT2D eigenvalue weighted by Crippen LogP contribution is 2.23. The first kappa shape index (κ1) is 11.9. The van der Waals surface area contributed by atoms with Crippen molar-refractivity contribution >= 4 is 5.57 Å². The standard InChI is InChI=1S/C13H17FO/c1-4-12(15-3)13(14)10(2)11-8-6-5-7-9-11/h5-9,12H,4H2,1-3H3/b13-10-. The van der Waals surface area contributed by atoms with Crippen LogP contribution in [0, 0.1) is 0 Å². The van der Waals surface area contributed by atoms with Gasteiger partial charge >= 0.3 is 0 Å². The van der Waals surface area contributed by atoms with Crippen molar-refractivity contribution in [2.75, 3.05) is 7.11 Å². The van der Waals surface area contributed by atoms with Crippen molar-refractivity contribution in [1.29, 1.82) is 0 Å². The topological polar surface area (TPSA) is 9.23 Å². The third-order valence-corrected chi connectivity index (χ3v) is 2.50. The molecule has 1 atom stereocenters. The van der Waals surface area contributed by atoms with E-state index < -0.39 is 6.10 Å². The van der Waals surface area contributed by atoms with Crippen LogP contribution < -0.4 is 0 Å². The fraction of sp³-hybridized carbons (Fsp3) is 0.385. The van der Waals surface area contributed by atoms with E-state index in [9.17, 15) is 4.39 Å². The third-order valence-electron chi connectivity index (χ3n) is 2.50. The maximum atomic E-state index is 13.9. The molecule has 0 aliphatic carbocycles. The lowest BCUT2D eigenvalue weighted by atomic mass is 10.0. The number of rotatable bonds is 4. The van der Waals surface area contributed by atoms with Crippen LogP contribution in [-0.2, 0) is 4.74 Å². The molecule has 1 aromatic carbocycles. The van der Waals surface area contributed by atoms with E-state index in [0.29, 0.717) is 12.0 Å². The van der Waals surface area contributed by atoms with Crippen LogP contribution in [0.25, 0.3) is 5.57 Å². The second kappa shape index (κ2) is 5.66. The molecule has 0 bridgehead atoms. The molecule has 0 saturated heterocycles. The van der Waals surface area contributed by atoms with Gasteiger partial charge in [-0.1, -0.05) is 37.3 Å². The normalized spacial score (nSPS) is 14.7. The van der Waals surface area contributed by atoms with Crippen molar-refractivity contribution in [3.05, 3.63) is 41.7 Å². The Kier molecular flexibility index (Phi) is 4.50. The van der Waals surface area contributed by atoms with Crippen LogP contribution in [-0.4, -0.2) is 13.2 Å². The molecule has 0 N–H and O–H groups in total. The van der Waals surface area contributed by atoms with Crippen LogP contribution in [0.15, 0.2) is 36.2 Å². The molecule has 1 aromatic rings. The largest absolute Gasteiger partial charge is 0.374 e. The first-order chi connectivity index (χ1) is 7.20. The van der Waals surface area contributed by atoms with E-state index in [-0.39, 0.29) is 5.83 Å². The molecule has 1 nitrogen and oxygen atoms in total. The van der Waals surface area contributed by atoms with E-state index in [2.05, 4.69) is 0 Å². The SMILES string of the molecule is CCC(OC)/C(F)=C(\C)c1ccccc1. The molecule has 0 aliphatic rings. The molecule has 0 heterocycles. The highest BCUT2D eigenvalue weighted by atomic mass is 19.1. The maximum absolute atomic E-state index is 13.9. The number of hydrogen-bond acceptors (Lipinski definition) is 1. The minimum absolute atomic E-state index is 0.175. The zero-order chi connectivity index (χ0) is 11.3. The molecule has 0 radical (unpaired) electrons. The molecule has 82 valence electrons. The summed E-state index contributed by atoms with van der Waals surface area (Å²) < 4.78 is 19.0. The average Bonchev–Trinajstić information content (AvgIpc) is 2.30. The second-order valence-corrected chi connectivity index (χ2v) is 3.47. The fourth-order valence-corrected chi connectivity index (χ4v) is 1.52. The summed E-state index contributed by atoms with van der Waals surface area (Å²) in [4.78, 5) is 0. The highest BCUT2D eigenvalue weighted by Gasteiger charge is 2.14. The van der Waals surface area contributed by atoms with Crippen molar-refractivity contribution < 1.29 is 9.13 Å². The summed E-state index contributed by atoms with van der Waals surface area (Å²) in [5.41, 5.74) is 1.56. The van der Waals surface area contributed by atoms with Gasteiger partial charge in [0.1, 0.15) is 11.9 Å². The predicted molar refractivity (Wildman–Crippen MR) is 61.2 cm³/mol. The van der Waals surface area contributed by atoms with Crippen LogP contribution in [0.5, 0.6) is 0 Å². The minimum Gasteiger partial charge on any atom is -0.374 e. The van der Waals surface area contributed by atoms with Crippen LogP contribution in [0.2, 0.25) is 0 Å². The van der Waals surface area contributed by atoms with Crippen LogP contribution >= 0.6 is 0 Å². The van der Waals surface area contributed by atoms with Crippen LogP contribution in [0.1, 0.15) is 25.8 Å². The lowest BCUT2D eigenvalue weighted by Gasteiger charge is -2.13. The Balaban J connectivity index is 2.99. The zero-order valence-electron chi connectivity index (χ0n) is 9.46. The third kappa shape index (κ3) is 2.90. The van der Waals surface area contributed by atoms with Crippen molar-refractivity contribution in [2.24, 2.45) is 0 Å². The van der Waals surface area contributed by atoms with Crippen LogP contribution in [0.3, 0.4) is 0 Å². The Hall–Kier alpha value is -1.15. The van der Waals surface area contributed by atoms with E-state index in [4.69, 9.17) is 4.74 Å². The Morgan fingerprint density at radius 2 is 1.93 bits per heavy atom. The lowest BCUT2D eigenvalue weighted by Crippen LogP contribution is -2.10. The van der Waals surface area contributed by atoms with Gasteiger partial charge in [0.05, 0.1) is 0 Å². The predicted octanol–water partition coefficient (Wildman–Crippen LogP) is 3.81. The molecule has 0 amide bonds. The molecule has 1 unspecified atom stereocenters. The van der Waals surface area contributed by atoms with Crippen LogP contribution in [0.4, 0.5) is 4.39 Å². The Morgan fingerprint density at radius 3 is 2.40 bits per heavy atom. The zero-order valence-corrected chi connectivity index (χ0v) is 9.46. The summed E-state index contributed by atoms with van der Waals surface area (Å²) in [5, 5.41) is 0. The molecule has 0 aliphatic heterocycles. The lowest BCUT2D eigenvalue weighted by molar-refractivity contribution is 0.110. The van der Waals surface area contributed by atoms with Crippen molar-refractivity contribution in [1.82, 2.24) is 0 Å². The van der Waals surface area contributed by atoms with Gasteiger partial charge in [-0.3, -0.25) is 0 Å². The molecule has 0 aromatic heterocycles. The number of benzene rings is 1. The molecule has 2 heteroatoms. The van der Waals surface area contributed by atoms with E-state index in [0.717, 1.165) is 5.56 Å². The fourth-order valence-electron chi connectivity index (χ4n) is 1.52. The van der Waals surface area contributed by atoms with Crippen molar-refractivity contribution in [2.45, 2.75) is 26.4 Å².